The predicted octanol–water partition coefficient (Wildman–Crippen LogP) is 2.17. The third kappa shape index (κ3) is 2.19. The van der Waals surface area contributed by atoms with Gasteiger partial charge in [0.2, 0.25) is 10.0 Å². The van der Waals surface area contributed by atoms with Crippen molar-refractivity contribution < 1.29 is 8.42 Å². The Kier molecular flexibility index (Phi) is 3.22. The highest BCUT2D eigenvalue weighted by Gasteiger charge is 2.28. The molecule has 3 N–H and O–H groups in total. The van der Waals surface area contributed by atoms with Gasteiger partial charge in [0.15, 0.2) is 0 Å². The number of rotatable bonds is 4. The van der Waals surface area contributed by atoms with Crippen molar-refractivity contribution in [3.8, 4) is 0 Å². The minimum Gasteiger partial charge on any atom is -0.399 e. The lowest BCUT2D eigenvalue weighted by Gasteiger charge is -2.29. The zero-order chi connectivity index (χ0) is 14.3. The van der Waals surface area contributed by atoms with E-state index in [1.807, 2.05) is 0 Å². The van der Waals surface area contributed by atoms with Gasteiger partial charge in [-0.25, -0.2) is 12.7 Å². The van der Waals surface area contributed by atoms with Gasteiger partial charge in [-0.05, 0) is 37.0 Å². The van der Waals surface area contributed by atoms with Gasteiger partial charge in [-0.15, -0.1) is 0 Å². The number of aromatic nitrogens is 1. The van der Waals surface area contributed by atoms with Crippen molar-refractivity contribution >= 4 is 26.6 Å². The van der Waals surface area contributed by atoms with Crippen LogP contribution in [0.4, 0.5) is 5.69 Å². The number of hydrogen-bond acceptors (Lipinski definition) is 3. The topological polar surface area (TPSA) is 79.2 Å². The molecule has 1 aromatic heterocycles. The van der Waals surface area contributed by atoms with Crippen LogP contribution in [-0.2, 0) is 10.0 Å². The van der Waals surface area contributed by atoms with Gasteiger partial charge in [0.05, 0.1) is 0 Å². The highest BCUT2D eigenvalue weighted by molar-refractivity contribution is 7.89. The molecule has 0 saturated heterocycles. The number of aromatic amines is 1. The molecule has 1 fully saturated rings. The van der Waals surface area contributed by atoms with E-state index in [1.165, 1.54) is 10.7 Å². The van der Waals surface area contributed by atoms with Crippen LogP contribution in [0.15, 0.2) is 29.3 Å². The second-order valence-electron chi connectivity index (χ2n) is 5.54. The summed E-state index contributed by atoms with van der Waals surface area (Å²) < 4.78 is 26.8. The molecule has 108 valence electrons. The Balaban J connectivity index is 1.97. The molecule has 0 spiro atoms. The molecule has 1 aliphatic carbocycles. The molecule has 1 heterocycles. The van der Waals surface area contributed by atoms with Crippen LogP contribution in [0, 0.1) is 5.92 Å². The SMILES string of the molecule is CN(CC1CCC1)S(=O)(=O)c1c[nH]c2ccc(N)cc12. The van der Waals surface area contributed by atoms with Crippen LogP contribution in [0.3, 0.4) is 0 Å². The van der Waals surface area contributed by atoms with Gasteiger partial charge in [-0.2, -0.15) is 0 Å². The summed E-state index contributed by atoms with van der Waals surface area (Å²) in [5.74, 6) is 0.505. The summed E-state index contributed by atoms with van der Waals surface area (Å²) in [6.07, 6.45) is 5.01. The second-order valence-corrected chi connectivity index (χ2v) is 7.55. The van der Waals surface area contributed by atoms with E-state index < -0.39 is 10.0 Å². The van der Waals surface area contributed by atoms with Crippen molar-refractivity contribution in [1.82, 2.24) is 9.29 Å². The summed E-state index contributed by atoms with van der Waals surface area (Å²) in [6.45, 7) is 0.595. The van der Waals surface area contributed by atoms with E-state index >= 15 is 0 Å². The molecular formula is C14H19N3O2S. The molecule has 6 heteroatoms. The minimum absolute atomic E-state index is 0.307. The largest absolute Gasteiger partial charge is 0.399 e. The fraction of sp³-hybridized carbons (Fsp3) is 0.429. The number of nitrogens with zero attached hydrogens (tertiary/aromatic N) is 1. The fourth-order valence-corrected chi connectivity index (χ4v) is 4.03. The minimum atomic E-state index is -3.46. The van der Waals surface area contributed by atoms with E-state index in [0.29, 0.717) is 28.4 Å². The molecule has 1 aliphatic rings. The summed E-state index contributed by atoms with van der Waals surface area (Å²) in [6, 6.07) is 5.26. The number of anilines is 1. The molecule has 20 heavy (non-hydrogen) atoms. The van der Waals surface area contributed by atoms with Crippen molar-refractivity contribution in [2.45, 2.75) is 24.2 Å². The lowest BCUT2D eigenvalue weighted by Crippen LogP contribution is -2.34. The number of hydrogen-bond donors (Lipinski definition) is 2. The highest BCUT2D eigenvalue weighted by atomic mass is 32.2. The average molecular weight is 293 g/mol. The molecule has 1 aromatic carbocycles. The van der Waals surface area contributed by atoms with E-state index in [0.717, 1.165) is 18.4 Å². The maximum Gasteiger partial charge on any atom is 0.244 e. The molecule has 3 rings (SSSR count). The van der Waals surface area contributed by atoms with Gasteiger partial charge >= 0.3 is 0 Å². The van der Waals surface area contributed by atoms with Gasteiger partial charge < -0.3 is 10.7 Å². The van der Waals surface area contributed by atoms with E-state index in [4.69, 9.17) is 5.73 Å². The molecule has 1 saturated carbocycles. The van der Waals surface area contributed by atoms with Crippen LogP contribution in [0.25, 0.3) is 10.9 Å². The summed E-state index contributed by atoms with van der Waals surface area (Å²) in [4.78, 5) is 3.30. The Morgan fingerprint density at radius 3 is 2.80 bits per heavy atom. The molecule has 0 aliphatic heterocycles. The van der Waals surface area contributed by atoms with Gasteiger partial charge in [-0.3, -0.25) is 0 Å². The number of fused-ring (bicyclic) bond motifs is 1. The summed E-state index contributed by atoms with van der Waals surface area (Å²) in [7, 11) is -1.81. The highest BCUT2D eigenvalue weighted by Crippen LogP contribution is 2.31. The Labute approximate surface area is 118 Å². The maximum absolute atomic E-state index is 12.7. The number of nitrogen functional groups attached to an aromatic ring is 1. The first-order chi connectivity index (χ1) is 9.48. The Morgan fingerprint density at radius 1 is 1.40 bits per heavy atom. The maximum atomic E-state index is 12.7. The normalized spacial score (nSPS) is 16.7. The zero-order valence-corrected chi connectivity index (χ0v) is 12.3. The molecule has 0 unspecified atom stereocenters. The zero-order valence-electron chi connectivity index (χ0n) is 11.5. The first kappa shape index (κ1) is 13.5. The lowest BCUT2D eigenvalue weighted by molar-refractivity contribution is 0.263. The molecular weight excluding hydrogens is 274 g/mol. The number of sulfonamides is 1. The second kappa shape index (κ2) is 4.79. The van der Waals surface area contributed by atoms with Crippen LogP contribution in [0.1, 0.15) is 19.3 Å². The van der Waals surface area contributed by atoms with Gasteiger partial charge in [0.25, 0.3) is 0 Å². The van der Waals surface area contributed by atoms with Crippen molar-refractivity contribution in [3.05, 3.63) is 24.4 Å². The molecule has 0 bridgehead atoms. The molecule has 0 atom stereocenters. The van der Waals surface area contributed by atoms with Gasteiger partial charge in [-0.1, -0.05) is 6.42 Å². The molecule has 0 radical (unpaired) electrons. The van der Waals surface area contributed by atoms with E-state index in [1.54, 1.807) is 31.4 Å². The average Bonchev–Trinajstić information content (AvgIpc) is 2.76. The number of nitrogens with one attached hydrogen (secondary N) is 1. The van der Waals surface area contributed by atoms with Crippen LogP contribution >= 0.6 is 0 Å². The lowest BCUT2D eigenvalue weighted by atomic mass is 9.86. The van der Waals surface area contributed by atoms with Crippen LogP contribution in [-0.4, -0.2) is 31.3 Å². The van der Waals surface area contributed by atoms with Crippen molar-refractivity contribution in [3.63, 3.8) is 0 Å². The summed E-state index contributed by atoms with van der Waals surface area (Å²) >= 11 is 0. The summed E-state index contributed by atoms with van der Waals surface area (Å²) in [5.41, 5.74) is 7.11. The smallest absolute Gasteiger partial charge is 0.244 e. The van der Waals surface area contributed by atoms with Crippen LogP contribution in [0.2, 0.25) is 0 Å². The number of benzene rings is 1. The summed E-state index contributed by atoms with van der Waals surface area (Å²) in [5, 5.41) is 0.658. The van der Waals surface area contributed by atoms with Crippen LogP contribution in [0.5, 0.6) is 0 Å². The third-order valence-electron chi connectivity index (χ3n) is 4.10. The monoisotopic (exact) mass is 293 g/mol. The fourth-order valence-electron chi connectivity index (χ4n) is 2.63. The first-order valence-electron chi connectivity index (χ1n) is 6.81. The van der Waals surface area contributed by atoms with E-state index in [2.05, 4.69) is 4.98 Å². The quantitative estimate of drug-likeness (QED) is 0.848. The van der Waals surface area contributed by atoms with Crippen LogP contribution < -0.4 is 5.73 Å². The van der Waals surface area contributed by atoms with Gasteiger partial charge in [0, 0.05) is 36.4 Å². The molecule has 0 amide bonds. The Morgan fingerprint density at radius 2 is 2.15 bits per heavy atom. The van der Waals surface area contributed by atoms with Crippen molar-refractivity contribution in [1.29, 1.82) is 0 Å². The van der Waals surface area contributed by atoms with Crippen molar-refractivity contribution in [2.75, 3.05) is 19.3 Å². The molecule has 5 nitrogen and oxygen atoms in total. The Hall–Kier alpha value is -1.53. The predicted molar refractivity (Wildman–Crippen MR) is 79.9 cm³/mol. The number of H-pyrrole nitrogens is 1. The third-order valence-corrected chi connectivity index (χ3v) is 5.96. The number of nitrogens with two attached hydrogens (primary N) is 1. The Bertz CT molecular complexity index is 732. The standard InChI is InChI=1S/C14H19N3O2S/c1-17(9-10-3-2-4-10)20(18,19)14-8-16-13-6-5-11(15)7-12(13)14/h5-8,10,16H,2-4,9,15H2,1H3. The van der Waals surface area contributed by atoms with E-state index in [9.17, 15) is 8.42 Å². The first-order valence-corrected chi connectivity index (χ1v) is 8.25. The van der Waals surface area contributed by atoms with Crippen molar-refractivity contribution in [2.24, 2.45) is 5.92 Å². The molecule has 2 aromatic rings. The van der Waals surface area contributed by atoms with E-state index in [-0.39, 0.29) is 0 Å². The van der Waals surface area contributed by atoms with Gasteiger partial charge in [0.1, 0.15) is 4.90 Å².